The number of nitrogens with zero attached hydrogens (tertiary/aromatic N) is 3. The van der Waals surface area contributed by atoms with Gasteiger partial charge in [0.1, 0.15) is 5.75 Å². The van der Waals surface area contributed by atoms with Crippen molar-refractivity contribution in [3.8, 4) is 11.4 Å². The van der Waals surface area contributed by atoms with Crippen molar-refractivity contribution in [1.82, 2.24) is 20.4 Å². The number of hydrogen-bond acceptors (Lipinski definition) is 4. The molecular formula is C18H21N5OS. The first kappa shape index (κ1) is 17.0. The minimum absolute atomic E-state index is 0.604. The van der Waals surface area contributed by atoms with Gasteiger partial charge in [-0.15, -0.1) is 11.3 Å². The molecule has 3 rings (SSSR count). The van der Waals surface area contributed by atoms with E-state index < -0.39 is 0 Å². The van der Waals surface area contributed by atoms with E-state index in [1.165, 1.54) is 4.88 Å². The summed E-state index contributed by atoms with van der Waals surface area (Å²) in [6.07, 6.45) is 1.95. The number of guanidine groups is 1. The van der Waals surface area contributed by atoms with E-state index in [1.54, 1.807) is 25.5 Å². The molecule has 7 heteroatoms. The third-order valence-electron chi connectivity index (χ3n) is 3.65. The van der Waals surface area contributed by atoms with Crippen molar-refractivity contribution >= 4 is 17.3 Å². The van der Waals surface area contributed by atoms with Crippen molar-refractivity contribution in [2.45, 2.75) is 13.1 Å². The van der Waals surface area contributed by atoms with Crippen LogP contribution < -0.4 is 15.4 Å². The van der Waals surface area contributed by atoms with Crippen molar-refractivity contribution < 1.29 is 4.74 Å². The van der Waals surface area contributed by atoms with Gasteiger partial charge in [-0.1, -0.05) is 6.07 Å². The molecule has 0 saturated heterocycles. The summed E-state index contributed by atoms with van der Waals surface area (Å²) in [6.45, 7) is 1.37. The van der Waals surface area contributed by atoms with Gasteiger partial charge in [0.25, 0.3) is 0 Å². The Balaban J connectivity index is 1.55. The average Bonchev–Trinajstić information content (AvgIpc) is 3.34. The third kappa shape index (κ3) is 4.60. The van der Waals surface area contributed by atoms with Gasteiger partial charge in [0.2, 0.25) is 0 Å². The number of nitrogens with one attached hydrogen (secondary N) is 2. The topological polar surface area (TPSA) is 63.5 Å². The van der Waals surface area contributed by atoms with Crippen LogP contribution in [0.1, 0.15) is 10.6 Å². The largest absolute Gasteiger partial charge is 0.497 e. The summed E-state index contributed by atoms with van der Waals surface area (Å²) in [4.78, 5) is 5.51. The Bertz CT molecular complexity index is 808. The predicted molar refractivity (Wildman–Crippen MR) is 101 cm³/mol. The molecule has 0 radical (unpaired) electrons. The Labute approximate surface area is 151 Å². The van der Waals surface area contributed by atoms with Crippen LogP contribution in [0.25, 0.3) is 5.69 Å². The second-order valence-corrected chi connectivity index (χ2v) is 6.34. The minimum atomic E-state index is 0.604. The molecule has 2 aromatic heterocycles. The molecule has 2 N–H and O–H groups in total. The van der Waals surface area contributed by atoms with Crippen molar-refractivity contribution in [3.05, 3.63) is 64.6 Å². The highest BCUT2D eigenvalue weighted by atomic mass is 32.1. The lowest BCUT2D eigenvalue weighted by Crippen LogP contribution is -2.36. The summed E-state index contributed by atoms with van der Waals surface area (Å²) in [6, 6.07) is 13.9. The molecule has 2 heterocycles. The van der Waals surface area contributed by atoms with Crippen LogP contribution in [0.15, 0.2) is 59.0 Å². The Morgan fingerprint density at radius 1 is 1.16 bits per heavy atom. The highest BCUT2D eigenvalue weighted by Crippen LogP contribution is 2.14. The van der Waals surface area contributed by atoms with Crippen LogP contribution in [0.4, 0.5) is 0 Å². The number of aromatic nitrogens is 2. The second-order valence-electron chi connectivity index (χ2n) is 5.31. The van der Waals surface area contributed by atoms with Gasteiger partial charge >= 0.3 is 0 Å². The van der Waals surface area contributed by atoms with Gasteiger partial charge in [0.05, 0.1) is 31.6 Å². The molecule has 0 amide bonds. The number of aliphatic imine (C=N–C) groups is 1. The van der Waals surface area contributed by atoms with Gasteiger partial charge in [-0.3, -0.25) is 4.99 Å². The van der Waals surface area contributed by atoms with Crippen LogP contribution in [0.3, 0.4) is 0 Å². The number of hydrogen-bond donors (Lipinski definition) is 2. The molecule has 0 atom stereocenters. The quantitative estimate of drug-likeness (QED) is 0.527. The summed E-state index contributed by atoms with van der Waals surface area (Å²) in [7, 11) is 3.42. The fourth-order valence-electron chi connectivity index (χ4n) is 2.31. The van der Waals surface area contributed by atoms with Gasteiger partial charge in [-0.05, 0) is 41.8 Å². The summed E-state index contributed by atoms with van der Waals surface area (Å²) in [5.74, 6) is 1.59. The Morgan fingerprint density at radius 3 is 2.64 bits per heavy atom. The van der Waals surface area contributed by atoms with Crippen molar-refractivity contribution in [1.29, 1.82) is 0 Å². The molecule has 0 aliphatic carbocycles. The number of rotatable bonds is 6. The Hall–Kier alpha value is -2.80. The molecule has 130 valence electrons. The van der Waals surface area contributed by atoms with E-state index in [0.717, 1.165) is 29.6 Å². The number of methoxy groups -OCH3 is 1. The zero-order chi connectivity index (χ0) is 17.5. The first-order valence-corrected chi connectivity index (χ1v) is 8.82. The summed E-state index contributed by atoms with van der Waals surface area (Å²) < 4.78 is 7.02. The minimum Gasteiger partial charge on any atom is -0.497 e. The van der Waals surface area contributed by atoms with Crippen LogP contribution in [-0.2, 0) is 13.1 Å². The zero-order valence-electron chi connectivity index (χ0n) is 14.3. The second kappa shape index (κ2) is 8.34. The molecular weight excluding hydrogens is 334 g/mol. The van der Waals surface area contributed by atoms with Crippen LogP contribution in [0.5, 0.6) is 5.75 Å². The molecule has 0 saturated carbocycles. The molecule has 1 aromatic carbocycles. The smallest absolute Gasteiger partial charge is 0.191 e. The fourth-order valence-corrected chi connectivity index (χ4v) is 2.96. The van der Waals surface area contributed by atoms with Crippen LogP contribution >= 0.6 is 11.3 Å². The molecule has 0 fully saturated rings. The normalized spacial score (nSPS) is 11.4. The molecule has 0 unspecified atom stereocenters. The molecule has 0 bridgehead atoms. The van der Waals surface area contributed by atoms with Crippen molar-refractivity contribution in [2.24, 2.45) is 4.99 Å². The summed E-state index contributed by atoms with van der Waals surface area (Å²) in [5, 5.41) is 13.2. The van der Waals surface area contributed by atoms with Crippen LogP contribution in [0.2, 0.25) is 0 Å². The van der Waals surface area contributed by atoms with Crippen molar-refractivity contribution in [2.75, 3.05) is 14.2 Å². The van der Waals surface area contributed by atoms with Crippen LogP contribution in [-0.4, -0.2) is 29.9 Å². The van der Waals surface area contributed by atoms with Gasteiger partial charge in [0, 0.05) is 18.1 Å². The van der Waals surface area contributed by atoms with E-state index in [9.17, 15) is 0 Å². The van der Waals surface area contributed by atoms with E-state index in [2.05, 4.69) is 32.2 Å². The lowest BCUT2D eigenvalue weighted by atomic mass is 10.3. The van der Waals surface area contributed by atoms with Gasteiger partial charge in [-0.2, -0.15) is 5.10 Å². The highest BCUT2D eigenvalue weighted by molar-refractivity contribution is 7.09. The van der Waals surface area contributed by atoms with E-state index in [-0.39, 0.29) is 0 Å². The first-order chi connectivity index (χ1) is 12.3. The maximum absolute atomic E-state index is 5.18. The number of thiophene rings is 1. The fraction of sp³-hybridized carbons (Fsp3) is 0.222. The average molecular weight is 355 g/mol. The Kier molecular flexibility index (Phi) is 5.69. The maximum atomic E-state index is 5.18. The summed E-state index contributed by atoms with van der Waals surface area (Å²) >= 11 is 1.72. The van der Waals surface area contributed by atoms with Gasteiger partial charge < -0.3 is 15.4 Å². The van der Waals surface area contributed by atoms with E-state index in [4.69, 9.17) is 4.74 Å². The maximum Gasteiger partial charge on any atom is 0.191 e. The predicted octanol–water partition coefficient (Wildman–Crippen LogP) is 2.81. The molecule has 3 aromatic rings. The highest BCUT2D eigenvalue weighted by Gasteiger charge is 2.04. The van der Waals surface area contributed by atoms with E-state index in [1.807, 2.05) is 47.3 Å². The monoisotopic (exact) mass is 355 g/mol. The number of ether oxygens (including phenoxy) is 1. The summed E-state index contributed by atoms with van der Waals surface area (Å²) in [5.41, 5.74) is 1.93. The SMILES string of the molecule is CN=C(NCc1ccn(-c2ccc(OC)cc2)n1)NCc1cccs1. The molecule has 25 heavy (non-hydrogen) atoms. The third-order valence-corrected chi connectivity index (χ3v) is 4.53. The van der Waals surface area contributed by atoms with Crippen molar-refractivity contribution in [3.63, 3.8) is 0 Å². The van der Waals surface area contributed by atoms with E-state index in [0.29, 0.717) is 6.54 Å². The van der Waals surface area contributed by atoms with E-state index >= 15 is 0 Å². The van der Waals surface area contributed by atoms with Gasteiger partial charge in [-0.25, -0.2) is 4.68 Å². The molecule has 0 aliphatic rings. The zero-order valence-corrected chi connectivity index (χ0v) is 15.1. The molecule has 0 aliphatic heterocycles. The lowest BCUT2D eigenvalue weighted by molar-refractivity contribution is 0.414. The lowest BCUT2D eigenvalue weighted by Gasteiger charge is -2.10. The molecule has 6 nitrogen and oxygen atoms in total. The Morgan fingerprint density at radius 2 is 1.96 bits per heavy atom. The first-order valence-electron chi connectivity index (χ1n) is 7.94. The number of benzene rings is 1. The standard InChI is InChI=1S/C18H21N5OS/c1-19-18(21-13-17-4-3-11-25-17)20-12-14-9-10-23(22-14)15-5-7-16(24-2)8-6-15/h3-11H,12-13H2,1-2H3,(H2,19,20,21). The molecule has 0 spiro atoms. The van der Waals surface area contributed by atoms with Gasteiger partial charge in [0.15, 0.2) is 5.96 Å². The van der Waals surface area contributed by atoms with Crippen LogP contribution in [0, 0.1) is 0 Å².